The minimum Gasteiger partial charge on any atom is -0.497 e. The van der Waals surface area contributed by atoms with Crippen LogP contribution in [0.4, 0.5) is 5.69 Å². The first-order valence-corrected chi connectivity index (χ1v) is 9.87. The smallest absolute Gasteiger partial charge is 0.174 e. The normalized spacial score (nSPS) is 10.3. The number of nitrogens with one attached hydrogen (secondary N) is 1. The van der Waals surface area contributed by atoms with Gasteiger partial charge in [0.1, 0.15) is 11.5 Å². The largest absolute Gasteiger partial charge is 0.497 e. The number of methoxy groups -OCH3 is 2. The molecule has 0 bridgehead atoms. The zero-order valence-electron chi connectivity index (χ0n) is 17.0. The molecule has 0 heterocycles. The fraction of sp³-hybridized carbons (Fsp3) is 0.208. The molecule has 150 valence electrons. The maximum Gasteiger partial charge on any atom is 0.174 e. The highest BCUT2D eigenvalue weighted by Gasteiger charge is 2.13. The highest BCUT2D eigenvalue weighted by atomic mass is 32.1. The Hall–Kier alpha value is -3.05. The SMILES string of the molecule is COc1ccc(CN(Cc2ccccc2C)C(=S)Nc2ccc(OC)cc2)cc1. The first-order chi connectivity index (χ1) is 14.1. The lowest BCUT2D eigenvalue weighted by Gasteiger charge is -2.27. The molecule has 0 aromatic heterocycles. The molecule has 1 N–H and O–H groups in total. The Bertz CT molecular complexity index is 940. The van der Waals surface area contributed by atoms with E-state index in [1.165, 1.54) is 16.7 Å². The summed E-state index contributed by atoms with van der Waals surface area (Å²) < 4.78 is 10.5. The van der Waals surface area contributed by atoms with Gasteiger partial charge in [0.2, 0.25) is 0 Å². The fourth-order valence-electron chi connectivity index (χ4n) is 3.02. The van der Waals surface area contributed by atoms with Gasteiger partial charge in [-0.3, -0.25) is 0 Å². The number of rotatable bonds is 7. The molecule has 3 aromatic rings. The fourth-order valence-corrected chi connectivity index (χ4v) is 3.27. The Balaban J connectivity index is 1.79. The maximum absolute atomic E-state index is 5.77. The summed E-state index contributed by atoms with van der Waals surface area (Å²) in [6.45, 7) is 3.54. The van der Waals surface area contributed by atoms with Crippen LogP contribution in [0.1, 0.15) is 16.7 Å². The Morgan fingerprint density at radius 2 is 1.41 bits per heavy atom. The predicted molar refractivity (Wildman–Crippen MR) is 123 cm³/mol. The average Bonchev–Trinajstić information content (AvgIpc) is 2.75. The molecule has 29 heavy (non-hydrogen) atoms. The molecular formula is C24H26N2O2S. The highest BCUT2D eigenvalue weighted by Crippen LogP contribution is 2.19. The van der Waals surface area contributed by atoms with Crippen molar-refractivity contribution in [1.29, 1.82) is 0 Å². The molecule has 0 aliphatic carbocycles. The van der Waals surface area contributed by atoms with Gasteiger partial charge in [-0.2, -0.15) is 0 Å². The van der Waals surface area contributed by atoms with E-state index < -0.39 is 0 Å². The topological polar surface area (TPSA) is 33.7 Å². The molecule has 3 rings (SSSR count). The molecule has 0 spiro atoms. The summed E-state index contributed by atoms with van der Waals surface area (Å²) >= 11 is 5.77. The molecule has 3 aromatic carbocycles. The summed E-state index contributed by atoms with van der Waals surface area (Å²) in [6, 6.07) is 24.2. The highest BCUT2D eigenvalue weighted by molar-refractivity contribution is 7.80. The van der Waals surface area contributed by atoms with E-state index in [1.54, 1.807) is 14.2 Å². The van der Waals surface area contributed by atoms with E-state index in [1.807, 2.05) is 36.4 Å². The lowest BCUT2D eigenvalue weighted by Crippen LogP contribution is -2.34. The van der Waals surface area contributed by atoms with Crippen LogP contribution in [-0.4, -0.2) is 24.2 Å². The van der Waals surface area contributed by atoms with Gasteiger partial charge in [0.05, 0.1) is 14.2 Å². The molecule has 5 heteroatoms. The van der Waals surface area contributed by atoms with Gasteiger partial charge in [0.15, 0.2) is 5.11 Å². The predicted octanol–water partition coefficient (Wildman–Crippen LogP) is 5.41. The van der Waals surface area contributed by atoms with Crippen LogP contribution in [0.5, 0.6) is 11.5 Å². The summed E-state index contributed by atoms with van der Waals surface area (Å²) in [5.41, 5.74) is 4.60. The monoisotopic (exact) mass is 406 g/mol. The Morgan fingerprint density at radius 1 is 0.828 bits per heavy atom. The number of ether oxygens (including phenoxy) is 2. The first kappa shape index (κ1) is 20.7. The maximum atomic E-state index is 5.77. The van der Waals surface area contributed by atoms with Gasteiger partial charge in [-0.1, -0.05) is 36.4 Å². The second-order valence-corrected chi connectivity index (χ2v) is 7.18. The third-order valence-electron chi connectivity index (χ3n) is 4.78. The standard InChI is InChI=1S/C24H26N2O2S/c1-18-6-4-5-7-20(18)17-26(16-19-8-12-22(27-2)13-9-19)24(29)25-21-10-14-23(28-3)15-11-21/h4-15H,16-17H2,1-3H3,(H,25,29). The number of benzene rings is 3. The van der Waals surface area contributed by atoms with Crippen molar-refractivity contribution in [1.82, 2.24) is 4.90 Å². The zero-order valence-corrected chi connectivity index (χ0v) is 17.8. The van der Waals surface area contributed by atoms with E-state index in [2.05, 4.69) is 53.5 Å². The number of nitrogens with zero attached hydrogens (tertiary/aromatic N) is 1. The first-order valence-electron chi connectivity index (χ1n) is 9.46. The molecule has 4 nitrogen and oxygen atoms in total. The third-order valence-corrected chi connectivity index (χ3v) is 5.14. The van der Waals surface area contributed by atoms with E-state index in [0.717, 1.165) is 23.7 Å². The number of aryl methyl sites for hydroxylation is 1. The lowest BCUT2D eigenvalue weighted by atomic mass is 10.1. The number of hydrogen-bond donors (Lipinski definition) is 1. The number of hydrogen-bond acceptors (Lipinski definition) is 3. The molecule has 0 saturated heterocycles. The van der Waals surface area contributed by atoms with Gasteiger partial charge >= 0.3 is 0 Å². The van der Waals surface area contributed by atoms with E-state index in [4.69, 9.17) is 21.7 Å². The number of thiocarbonyl (C=S) groups is 1. The molecule has 0 atom stereocenters. The molecular weight excluding hydrogens is 380 g/mol. The minimum atomic E-state index is 0.675. The Labute approximate surface area is 178 Å². The van der Waals surface area contributed by atoms with Gasteiger partial charge in [-0.15, -0.1) is 0 Å². The van der Waals surface area contributed by atoms with Gasteiger partial charge < -0.3 is 19.7 Å². The van der Waals surface area contributed by atoms with E-state index in [9.17, 15) is 0 Å². The summed E-state index contributed by atoms with van der Waals surface area (Å²) in [5, 5.41) is 4.03. The molecule has 0 fully saturated rings. The van der Waals surface area contributed by atoms with Crippen molar-refractivity contribution in [2.24, 2.45) is 0 Å². The van der Waals surface area contributed by atoms with E-state index in [-0.39, 0.29) is 0 Å². The van der Waals surface area contributed by atoms with Crippen molar-refractivity contribution < 1.29 is 9.47 Å². The quantitative estimate of drug-likeness (QED) is 0.531. The molecule has 0 unspecified atom stereocenters. The summed E-state index contributed by atoms with van der Waals surface area (Å²) in [4.78, 5) is 2.17. The zero-order chi connectivity index (χ0) is 20.6. The van der Waals surface area contributed by atoms with Crippen LogP contribution in [0.15, 0.2) is 72.8 Å². The van der Waals surface area contributed by atoms with Crippen molar-refractivity contribution >= 4 is 23.0 Å². The van der Waals surface area contributed by atoms with Crippen molar-refractivity contribution in [3.63, 3.8) is 0 Å². The van der Waals surface area contributed by atoms with Crippen LogP contribution in [-0.2, 0) is 13.1 Å². The van der Waals surface area contributed by atoms with Gasteiger partial charge in [0, 0.05) is 18.8 Å². The van der Waals surface area contributed by atoms with Crippen molar-refractivity contribution in [3.05, 3.63) is 89.5 Å². The summed E-state index contributed by atoms with van der Waals surface area (Å²) in [7, 11) is 3.33. The van der Waals surface area contributed by atoms with Gasteiger partial charge in [-0.25, -0.2) is 0 Å². The van der Waals surface area contributed by atoms with E-state index >= 15 is 0 Å². The van der Waals surface area contributed by atoms with Crippen molar-refractivity contribution in [2.75, 3.05) is 19.5 Å². The van der Waals surface area contributed by atoms with Gasteiger partial charge in [-0.05, 0) is 72.2 Å². The van der Waals surface area contributed by atoms with Crippen LogP contribution in [0, 0.1) is 6.92 Å². The van der Waals surface area contributed by atoms with Crippen molar-refractivity contribution in [2.45, 2.75) is 20.0 Å². The molecule has 0 radical (unpaired) electrons. The Morgan fingerprint density at radius 3 is 2.00 bits per heavy atom. The Kier molecular flexibility index (Phi) is 7.09. The molecule has 0 aliphatic rings. The van der Waals surface area contributed by atoms with E-state index in [0.29, 0.717) is 11.7 Å². The third kappa shape index (κ3) is 5.72. The van der Waals surface area contributed by atoms with Crippen LogP contribution in [0.2, 0.25) is 0 Å². The molecule has 0 aliphatic heterocycles. The molecule has 0 amide bonds. The summed E-state index contributed by atoms with van der Waals surface area (Å²) in [5.74, 6) is 1.66. The second kappa shape index (κ2) is 9.94. The average molecular weight is 407 g/mol. The minimum absolute atomic E-state index is 0.675. The van der Waals surface area contributed by atoms with Crippen LogP contribution in [0.25, 0.3) is 0 Å². The number of anilines is 1. The van der Waals surface area contributed by atoms with Crippen LogP contribution < -0.4 is 14.8 Å². The summed E-state index contributed by atoms with van der Waals surface area (Å²) in [6.07, 6.45) is 0. The van der Waals surface area contributed by atoms with Crippen LogP contribution in [0.3, 0.4) is 0 Å². The van der Waals surface area contributed by atoms with Crippen LogP contribution >= 0.6 is 12.2 Å². The second-order valence-electron chi connectivity index (χ2n) is 6.79. The molecule has 0 saturated carbocycles. The van der Waals surface area contributed by atoms with Gasteiger partial charge in [0.25, 0.3) is 0 Å². The van der Waals surface area contributed by atoms with Crippen molar-refractivity contribution in [3.8, 4) is 11.5 Å². The lowest BCUT2D eigenvalue weighted by molar-refractivity contribution is 0.406.